The minimum absolute atomic E-state index is 0.131. The Labute approximate surface area is 118 Å². The van der Waals surface area contributed by atoms with Gasteiger partial charge in [-0.2, -0.15) is 0 Å². The number of carbonyl (C=O) groups excluding carboxylic acids is 1. The monoisotopic (exact) mass is 272 g/mol. The van der Waals surface area contributed by atoms with Crippen LogP contribution in [-0.2, 0) is 16.0 Å². The van der Waals surface area contributed by atoms with Crippen LogP contribution >= 0.6 is 0 Å². The molecule has 1 fully saturated rings. The average molecular weight is 272 g/mol. The number of aromatic nitrogens is 1. The van der Waals surface area contributed by atoms with Crippen molar-refractivity contribution in [3.63, 3.8) is 0 Å². The van der Waals surface area contributed by atoms with E-state index in [9.17, 15) is 4.79 Å². The van der Waals surface area contributed by atoms with Crippen molar-refractivity contribution in [2.24, 2.45) is 5.41 Å². The van der Waals surface area contributed by atoms with Gasteiger partial charge in [0.2, 0.25) is 5.91 Å². The summed E-state index contributed by atoms with van der Waals surface area (Å²) in [6.07, 6.45) is 3.71. The number of hydrogen-bond acceptors (Lipinski definition) is 2. The van der Waals surface area contributed by atoms with Crippen molar-refractivity contribution < 1.29 is 9.53 Å². The number of aromatic amines is 1. The van der Waals surface area contributed by atoms with Crippen LogP contribution in [0.1, 0.15) is 18.9 Å². The first-order chi connectivity index (χ1) is 9.75. The number of fused-ring (bicyclic) bond motifs is 1. The van der Waals surface area contributed by atoms with Gasteiger partial charge in [0.05, 0.1) is 18.6 Å². The largest absolute Gasteiger partial charge is 0.379 e. The Hall–Kier alpha value is -1.81. The molecule has 0 saturated carbocycles. The molecule has 0 aliphatic carbocycles. The zero-order valence-corrected chi connectivity index (χ0v) is 11.7. The minimum Gasteiger partial charge on any atom is -0.379 e. The van der Waals surface area contributed by atoms with E-state index < -0.39 is 0 Å². The fourth-order valence-electron chi connectivity index (χ4n) is 2.68. The highest BCUT2D eigenvalue weighted by molar-refractivity contribution is 5.84. The van der Waals surface area contributed by atoms with E-state index in [1.54, 1.807) is 0 Å². The summed E-state index contributed by atoms with van der Waals surface area (Å²) in [4.78, 5) is 15.4. The van der Waals surface area contributed by atoms with E-state index in [1.807, 2.05) is 25.3 Å². The van der Waals surface area contributed by atoms with Crippen LogP contribution in [0.3, 0.4) is 0 Å². The lowest BCUT2D eigenvalue weighted by Crippen LogP contribution is -2.53. The van der Waals surface area contributed by atoms with Crippen molar-refractivity contribution in [1.82, 2.24) is 10.3 Å². The molecule has 20 heavy (non-hydrogen) atoms. The Morgan fingerprint density at radius 3 is 2.90 bits per heavy atom. The number of para-hydroxylation sites is 1. The Morgan fingerprint density at radius 2 is 2.20 bits per heavy atom. The predicted molar refractivity (Wildman–Crippen MR) is 78.6 cm³/mol. The zero-order valence-electron chi connectivity index (χ0n) is 11.7. The second kappa shape index (κ2) is 5.29. The van der Waals surface area contributed by atoms with Gasteiger partial charge in [0, 0.05) is 23.6 Å². The summed E-state index contributed by atoms with van der Waals surface area (Å²) in [5.74, 6) is 0.131. The van der Waals surface area contributed by atoms with Crippen LogP contribution in [0, 0.1) is 5.41 Å². The molecule has 1 aromatic carbocycles. The number of carbonyl (C=O) groups is 1. The first kappa shape index (κ1) is 13.2. The van der Waals surface area contributed by atoms with E-state index in [0.717, 1.165) is 18.4 Å². The average Bonchev–Trinajstić information content (AvgIpc) is 2.82. The SMILES string of the molecule is CCC1(C(=O)NCCc2c[nH]c3ccccc23)COC1. The van der Waals surface area contributed by atoms with E-state index in [4.69, 9.17) is 4.74 Å². The first-order valence-corrected chi connectivity index (χ1v) is 7.16. The third-order valence-corrected chi connectivity index (χ3v) is 4.27. The van der Waals surface area contributed by atoms with Crippen molar-refractivity contribution in [3.05, 3.63) is 36.0 Å². The van der Waals surface area contributed by atoms with E-state index in [-0.39, 0.29) is 11.3 Å². The van der Waals surface area contributed by atoms with Gasteiger partial charge in [0.15, 0.2) is 0 Å². The summed E-state index contributed by atoms with van der Waals surface area (Å²) in [5.41, 5.74) is 2.11. The number of hydrogen-bond donors (Lipinski definition) is 2. The Balaban J connectivity index is 1.59. The van der Waals surface area contributed by atoms with Gasteiger partial charge in [-0.15, -0.1) is 0 Å². The van der Waals surface area contributed by atoms with Gasteiger partial charge in [-0.1, -0.05) is 25.1 Å². The van der Waals surface area contributed by atoms with Crippen LogP contribution in [-0.4, -0.2) is 30.6 Å². The molecule has 1 amide bonds. The van der Waals surface area contributed by atoms with Crippen LogP contribution < -0.4 is 5.32 Å². The third kappa shape index (κ3) is 2.20. The molecule has 1 aliphatic rings. The molecule has 0 atom stereocenters. The van der Waals surface area contributed by atoms with Crippen molar-refractivity contribution >= 4 is 16.8 Å². The molecule has 2 aromatic rings. The predicted octanol–water partition coefficient (Wildman–Crippen LogP) is 2.25. The molecule has 3 rings (SSSR count). The smallest absolute Gasteiger partial charge is 0.230 e. The van der Waals surface area contributed by atoms with Crippen molar-refractivity contribution in [1.29, 1.82) is 0 Å². The molecule has 2 heterocycles. The molecule has 1 aromatic heterocycles. The molecule has 4 nitrogen and oxygen atoms in total. The maximum absolute atomic E-state index is 12.2. The Bertz CT molecular complexity index is 608. The number of H-pyrrole nitrogens is 1. The Kier molecular flexibility index (Phi) is 3.49. The number of nitrogens with one attached hydrogen (secondary N) is 2. The number of rotatable bonds is 5. The molecule has 0 radical (unpaired) electrons. The zero-order chi connectivity index (χ0) is 14.0. The van der Waals surface area contributed by atoms with Crippen LogP contribution in [0.5, 0.6) is 0 Å². The Morgan fingerprint density at radius 1 is 1.40 bits per heavy atom. The molecule has 4 heteroatoms. The van der Waals surface area contributed by atoms with Crippen LogP contribution in [0.15, 0.2) is 30.5 Å². The maximum atomic E-state index is 12.2. The number of ether oxygens (including phenoxy) is 1. The third-order valence-electron chi connectivity index (χ3n) is 4.27. The van der Waals surface area contributed by atoms with Gasteiger partial charge in [-0.25, -0.2) is 0 Å². The standard InChI is InChI=1S/C16H20N2O2/c1-2-16(10-20-11-16)15(19)17-8-7-12-9-18-14-6-4-3-5-13(12)14/h3-6,9,18H,2,7-8,10-11H2,1H3,(H,17,19). The molecular weight excluding hydrogens is 252 g/mol. The molecule has 0 bridgehead atoms. The molecule has 0 unspecified atom stereocenters. The lowest BCUT2D eigenvalue weighted by Gasteiger charge is -2.39. The maximum Gasteiger partial charge on any atom is 0.230 e. The minimum atomic E-state index is -0.278. The lowest BCUT2D eigenvalue weighted by molar-refractivity contribution is -0.162. The van der Waals surface area contributed by atoms with Gasteiger partial charge in [-0.05, 0) is 24.5 Å². The van der Waals surface area contributed by atoms with E-state index in [1.165, 1.54) is 10.9 Å². The summed E-state index contributed by atoms with van der Waals surface area (Å²) in [7, 11) is 0. The first-order valence-electron chi connectivity index (χ1n) is 7.16. The molecular formula is C16H20N2O2. The van der Waals surface area contributed by atoms with Gasteiger partial charge < -0.3 is 15.0 Å². The number of benzene rings is 1. The molecule has 1 aliphatic heterocycles. The topological polar surface area (TPSA) is 54.1 Å². The normalized spacial score (nSPS) is 16.9. The summed E-state index contributed by atoms with van der Waals surface area (Å²) in [6, 6.07) is 8.23. The molecule has 2 N–H and O–H groups in total. The van der Waals surface area contributed by atoms with Gasteiger partial charge >= 0.3 is 0 Å². The quantitative estimate of drug-likeness (QED) is 0.877. The highest BCUT2D eigenvalue weighted by Gasteiger charge is 2.43. The van der Waals surface area contributed by atoms with Crippen molar-refractivity contribution in [2.45, 2.75) is 19.8 Å². The van der Waals surface area contributed by atoms with E-state index in [2.05, 4.69) is 22.4 Å². The molecule has 1 saturated heterocycles. The van der Waals surface area contributed by atoms with Crippen LogP contribution in [0.2, 0.25) is 0 Å². The van der Waals surface area contributed by atoms with E-state index in [0.29, 0.717) is 19.8 Å². The lowest BCUT2D eigenvalue weighted by atomic mass is 9.82. The fraction of sp³-hybridized carbons (Fsp3) is 0.438. The second-order valence-electron chi connectivity index (χ2n) is 5.49. The second-order valence-corrected chi connectivity index (χ2v) is 5.49. The number of amides is 1. The summed E-state index contributed by atoms with van der Waals surface area (Å²) in [6.45, 7) is 3.83. The summed E-state index contributed by atoms with van der Waals surface area (Å²) >= 11 is 0. The van der Waals surface area contributed by atoms with Gasteiger partial charge in [0.25, 0.3) is 0 Å². The highest BCUT2D eigenvalue weighted by atomic mass is 16.5. The van der Waals surface area contributed by atoms with Gasteiger partial charge in [-0.3, -0.25) is 4.79 Å². The molecule has 0 spiro atoms. The van der Waals surface area contributed by atoms with Crippen molar-refractivity contribution in [3.8, 4) is 0 Å². The summed E-state index contributed by atoms with van der Waals surface area (Å²) < 4.78 is 5.19. The van der Waals surface area contributed by atoms with Gasteiger partial charge in [0.1, 0.15) is 0 Å². The molecule has 106 valence electrons. The fourth-order valence-corrected chi connectivity index (χ4v) is 2.68. The van der Waals surface area contributed by atoms with Crippen molar-refractivity contribution in [2.75, 3.05) is 19.8 Å². The van der Waals surface area contributed by atoms with Crippen LogP contribution in [0.4, 0.5) is 0 Å². The highest BCUT2D eigenvalue weighted by Crippen LogP contribution is 2.31. The van der Waals surface area contributed by atoms with Crippen LogP contribution in [0.25, 0.3) is 10.9 Å². The van der Waals surface area contributed by atoms with E-state index >= 15 is 0 Å². The summed E-state index contributed by atoms with van der Waals surface area (Å²) in [5, 5.41) is 4.28.